The molecule has 2 aromatic rings. The van der Waals surface area contributed by atoms with Gasteiger partial charge in [-0.3, -0.25) is 4.79 Å². The Kier molecular flexibility index (Phi) is 6.28. The minimum absolute atomic E-state index is 0.120. The minimum atomic E-state index is -3.82. The van der Waals surface area contributed by atoms with Crippen molar-refractivity contribution in [1.82, 2.24) is 9.62 Å². The largest absolute Gasteiger partial charge is 0.497 e. The number of nitrogens with zero attached hydrogens (tertiary/aromatic N) is 1. The molecule has 1 N–H and O–H groups in total. The average Bonchev–Trinajstić information content (AvgIpc) is 2.73. The summed E-state index contributed by atoms with van der Waals surface area (Å²) < 4.78 is 51.1. The molecule has 28 heavy (non-hydrogen) atoms. The van der Waals surface area contributed by atoms with Gasteiger partial charge in [0.25, 0.3) is 5.91 Å². The summed E-state index contributed by atoms with van der Waals surface area (Å²) in [6, 6.07) is 10.3. The van der Waals surface area contributed by atoms with Gasteiger partial charge in [0.05, 0.1) is 30.8 Å². The highest BCUT2D eigenvalue weighted by Crippen LogP contribution is 2.20. The first-order valence-corrected chi connectivity index (χ1v) is 10.1. The maximum Gasteiger partial charge on any atom is 0.254 e. The molecule has 9 heteroatoms. The number of ether oxygens (including phenoxy) is 2. The Hall–Kier alpha value is -2.49. The van der Waals surface area contributed by atoms with Gasteiger partial charge >= 0.3 is 0 Å². The van der Waals surface area contributed by atoms with Crippen LogP contribution in [0.2, 0.25) is 0 Å². The molecule has 0 spiro atoms. The van der Waals surface area contributed by atoms with Crippen LogP contribution in [0.5, 0.6) is 5.75 Å². The van der Waals surface area contributed by atoms with Crippen molar-refractivity contribution in [2.75, 3.05) is 33.4 Å². The molecule has 1 saturated heterocycles. The third-order valence-electron chi connectivity index (χ3n) is 4.40. The maximum absolute atomic E-state index is 14.2. The number of hydrogen-bond acceptors (Lipinski definition) is 5. The van der Waals surface area contributed by atoms with E-state index < -0.39 is 21.7 Å². The van der Waals surface area contributed by atoms with Crippen LogP contribution < -0.4 is 10.1 Å². The lowest BCUT2D eigenvalue weighted by molar-refractivity contribution is 0.0730. The van der Waals surface area contributed by atoms with Crippen molar-refractivity contribution < 1.29 is 27.1 Å². The van der Waals surface area contributed by atoms with E-state index >= 15 is 0 Å². The zero-order valence-corrected chi connectivity index (χ0v) is 16.2. The first-order chi connectivity index (χ1) is 13.4. The lowest BCUT2D eigenvalue weighted by Gasteiger charge is -2.26. The smallest absolute Gasteiger partial charge is 0.254 e. The molecule has 0 radical (unpaired) electrons. The monoisotopic (exact) mass is 408 g/mol. The fourth-order valence-corrected chi connectivity index (χ4v) is 4.23. The van der Waals surface area contributed by atoms with Crippen LogP contribution in [0, 0.1) is 5.82 Å². The van der Waals surface area contributed by atoms with Gasteiger partial charge in [-0.1, -0.05) is 12.1 Å². The van der Waals surface area contributed by atoms with Gasteiger partial charge in [-0.25, -0.2) is 12.8 Å². The fourth-order valence-electron chi connectivity index (χ4n) is 2.80. The summed E-state index contributed by atoms with van der Waals surface area (Å²) in [6.45, 7) is 1.21. The highest BCUT2D eigenvalue weighted by molar-refractivity contribution is 7.89. The molecule has 7 nitrogen and oxygen atoms in total. The Morgan fingerprint density at radius 3 is 2.50 bits per heavy atom. The fraction of sp³-hybridized carbons (Fsp3) is 0.316. The normalized spacial score (nSPS) is 15.2. The third kappa shape index (κ3) is 4.49. The number of rotatable bonds is 6. The van der Waals surface area contributed by atoms with Gasteiger partial charge in [0.1, 0.15) is 11.6 Å². The number of amides is 1. The van der Waals surface area contributed by atoms with Crippen molar-refractivity contribution in [3.8, 4) is 5.75 Å². The molecule has 150 valence electrons. The van der Waals surface area contributed by atoms with E-state index in [1.165, 1.54) is 10.4 Å². The highest BCUT2D eigenvalue weighted by atomic mass is 32.2. The van der Waals surface area contributed by atoms with Gasteiger partial charge in [0, 0.05) is 19.6 Å². The second-order valence-electron chi connectivity index (χ2n) is 6.19. The molecule has 1 amide bonds. The standard InChI is InChI=1S/C19H21FN2O5S/c1-26-15-4-2-14(3-5-15)13-21-19(23)17-12-16(6-7-18(17)20)28(24,25)22-8-10-27-11-9-22/h2-7,12H,8-11,13H2,1H3,(H,21,23). The lowest BCUT2D eigenvalue weighted by atomic mass is 10.1. The Labute approximate surface area is 163 Å². The first-order valence-electron chi connectivity index (χ1n) is 8.70. The number of benzene rings is 2. The van der Waals surface area contributed by atoms with Gasteiger partial charge < -0.3 is 14.8 Å². The molecule has 1 aliphatic rings. The van der Waals surface area contributed by atoms with E-state index in [1.807, 2.05) is 0 Å². The SMILES string of the molecule is COc1ccc(CNC(=O)c2cc(S(=O)(=O)N3CCOCC3)ccc2F)cc1. The van der Waals surface area contributed by atoms with E-state index in [2.05, 4.69) is 5.32 Å². The Balaban J connectivity index is 1.75. The number of sulfonamides is 1. The lowest BCUT2D eigenvalue weighted by Crippen LogP contribution is -2.40. The highest BCUT2D eigenvalue weighted by Gasteiger charge is 2.27. The summed E-state index contributed by atoms with van der Waals surface area (Å²) in [5, 5.41) is 2.60. The molecule has 1 fully saturated rings. The second kappa shape index (κ2) is 8.68. The molecule has 3 rings (SSSR count). The molecule has 1 aliphatic heterocycles. The van der Waals surface area contributed by atoms with Crippen LogP contribution in [0.25, 0.3) is 0 Å². The molecule has 0 bridgehead atoms. The van der Waals surface area contributed by atoms with Gasteiger partial charge in [0.15, 0.2) is 0 Å². The summed E-state index contributed by atoms with van der Waals surface area (Å²) in [5.41, 5.74) is 0.481. The number of morpholine rings is 1. The third-order valence-corrected chi connectivity index (χ3v) is 6.30. The quantitative estimate of drug-likeness (QED) is 0.788. The summed E-state index contributed by atoms with van der Waals surface area (Å²) in [6.07, 6.45) is 0. The molecular weight excluding hydrogens is 387 g/mol. The summed E-state index contributed by atoms with van der Waals surface area (Å²) >= 11 is 0. The Morgan fingerprint density at radius 1 is 1.18 bits per heavy atom. The molecule has 1 heterocycles. The van der Waals surface area contributed by atoms with Gasteiger partial charge in [-0.05, 0) is 35.9 Å². The van der Waals surface area contributed by atoms with Crippen molar-refractivity contribution in [3.05, 3.63) is 59.4 Å². The van der Waals surface area contributed by atoms with Crippen LogP contribution in [0.3, 0.4) is 0 Å². The predicted molar refractivity (Wildman–Crippen MR) is 100 cm³/mol. The number of nitrogens with one attached hydrogen (secondary N) is 1. The van der Waals surface area contributed by atoms with Crippen LogP contribution in [0.1, 0.15) is 15.9 Å². The van der Waals surface area contributed by atoms with Crippen molar-refractivity contribution in [1.29, 1.82) is 0 Å². The number of carbonyl (C=O) groups is 1. The van der Waals surface area contributed by atoms with Crippen molar-refractivity contribution >= 4 is 15.9 Å². The Morgan fingerprint density at radius 2 is 1.86 bits per heavy atom. The van der Waals surface area contributed by atoms with Gasteiger partial charge in [-0.2, -0.15) is 4.31 Å². The van der Waals surface area contributed by atoms with Crippen molar-refractivity contribution in [2.24, 2.45) is 0 Å². The average molecular weight is 408 g/mol. The number of hydrogen-bond donors (Lipinski definition) is 1. The molecule has 2 aromatic carbocycles. The topological polar surface area (TPSA) is 84.9 Å². The zero-order valence-electron chi connectivity index (χ0n) is 15.4. The van der Waals surface area contributed by atoms with E-state index in [9.17, 15) is 17.6 Å². The van der Waals surface area contributed by atoms with Crippen LogP contribution in [-0.4, -0.2) is 52.0 Å². The molecule has 0 atom stereocenters. The summed E-state index contributed by atoms with van der Waals surface area (Å²) in [4.78, 5) is 12.3. The van der Waals surface area contributed by atoms with E-state index in [0.717, 1.165) is 17.7 Å². The molecular formula is C19H21FN2O5S. The molecule has 0 aliphatic carbocycles. The van der Waals surface area contributed by atoms with E-state index in [-0.39, 0.29) is 30.1 Å². The predicted octanol–water partition coefficient (Wildman–Crippen LogP) is 1.79. The van der Waals surface area contributed by atoms with E-state index in [1.54, 1.807) is 31.4 Å². The van der Waals surface area contributed by atoms with Crippen LogP contribution in [-0.2, 0) is 21.3 Å². The number of carbonyl (C=O) groups excluding carboxylic acids is 1. The van der Waals surface area contributed by atoms with Crippen LogP contribution in [0.4, 0.5) is 4.39 Å². The second-order valence-corrected chi connectivity index (χ2v) is 8.13. The zero-order chi connectivity index (χ0) is 20.1. The first kappa shape index (κ1) is 20.2. The Bertz CT molecular complexity index is 941. The summed E-state index contributed by atoms with van der Waals surface area (Å²) in [7, 11) is -2.26. The number of halogens is 1. The van der Waals surface area contributed by atoms with Crippen LogP contribution >= 0.6 is 0 Å². The van der Waals surface area contributed by atoms with E-state index in [4.69, 9.17) is 9.47 Å². The van der Waals surface area contributed by atoms with E-state index in [0.29, 0.717) is 19.0 Å². The minimum Gasteiger partial charge on any atom is -0.497 e. The van der Waals surface area contributed by atoms with Gasteiger partial charge in [-0.15, -0.1) is 0 Å². The molecule has 0 unspecified atom stereocenters. The molecule has 0 saturated carbocycles. The van der Waals surface area contributed by atoms with Crippen LogP contribution in [0.15, 0.2) is 47.4 Å². The van der Waals surface area contributed by atoms with Gasteiger partial charge in [0.2, 0.25) is 10.0 Å². The number of methoxy groups -OCH3 is 1. The maximum atomic E-state index is 14.2. The molecule has 0 aromatic heterocycles. The van der Waals surface area contributed by atoms with Crippen molar-refractivity contribution in [3.63, 3.8) is 0 Å². The summed E-state index contributed by atoms with van der Waals surface area (Å²) in [5.74, 6) is -0.789. The van der Waals surface area contributed by atoms with Crippen molar-refractivity contribution in [2.45, 2.75) is 11.4 Å².